The molecule has 1 aromatic rings. The van der Waals surface area contributed by atoms with Gasteiger partial charge in [0, 0.05) is 37.8 Å². The third-order valence-corrected chi connectivity index (χ3v) is 4.04. The number of guanidine groups is 1. The molecule has 7 nitrogen and oxygen atoms in total. The molecule has 25 heavy (non-hydrogen) atoms. The van der Waals surface area contributed by atoms with Crippen LogP contribution in [0.15, 0.2) is 23.2 Å². The summed E-state index contributed by atoms with van der Waals surface area (Å²) in [7, 11) is 3.21. The monoisotopic (exact) mass is 348 g/mol. The lowest BCUT2D eigenvalue weighted by atomic mass is 10.2. The number of rotatable bonds is 7. The molecule has 2 rings (SSSR count). The van der Waals surface area contributed by atoms with Crippen molar-refractivity contribution in [1.29, 1.82) is 0 Å². The van der Waals surface area contributed by atoms with Gasteiger partial charge in [-0.3, -0.25) is 9.79 Å². The van der Waals surface area contributed by atoms with Gasteiger partial charge in [-0.25, -0.2) is 0 Å². The van der Waals surface area contributed by atoms with Crippen molar-refractivity contribution in [2.24, 2.45) is 4.99 Å². The number of amides is 1. The Morgan fingerprint density at radius 2 is 1.92 bits per heavy atom. The zero-order valence-electron chi connectivity index (χ0n) is 15.3. The molecule has 0 bridgehead atoms. The molecule has 0 spiro atoms. The van der Waals surface area contributed by atoms with Gasteiger partial charge in [0.05, 0.1) is 20.8 Å². The molecule has 1 amide bonds. The van der Waals surface area contributed by atoms with Crippen molar-refractivity contribution in [2.75, 3.05) is 45.7 Å². The molecule has 0 saturated carbocycles. The maximum atomic E-state index is 12.1. The summed E-state index contributed by atoms with van der Waals surface area (Å²) < 4.78 is 10.6. The van der Waals surface area contributed by atoms with Gasteiger partial charge in [-0.2, -0.15) is 0 Å². The van der Waals surface area contributed by atoms with E-state index in [2.05, 4.69) is 15.6 Å². The van der Waals surface area contributed by atoms with Crippen LogP contribution in [0.5, 0.6) is 11.5 Å². The summed E-state index contributed by atoms with van der Waals surface area (Å²) in [5.41, 5.74) is 0.836. The number of aliphatic imine (C=N–C) groups is 1. The topological polar surface area (TPSA) is 75.2 Å². The second kappa shape index (κ2) is 9.76. The Hall–Kier alpha value is -2.44. The van der Waals surface area contributed by atoms with Gasteiger partial charge in [-0.05, 0) is 31.9 Å². The van der Waals surface area contributed by atoms with Crippen LogP contribution >= 0.6 is 0 Å². The number of hydrogen-bond donors (Lipinski definition) is 2. The van der Waals surface area contributed by atoms with Crippen LogP contribution in [0.25, 0.3) is 0 Å². The highest BCUT2D eigenvalue weighted by Gasteiger charge is 2.17. The van der Waals surface area contributed by atoms with Crippen molar-refractivity contribution in [1.82, 2.24) is 10.2 Å². The standard InChI is InChI=1S/C18H28N4O3/c1-4-19-18(20-10-9-17(23)22-11-5-6-12-22)21-14-7-8-15(24-2)16(13-14)25-3/h7-8,13H,4-6,9-12H2,1-3H3,(H2,19,20,21). The molecule has 1 aromatic carbocycles. The molecule has 1 aliphatic rings. The van der Waals surface area contributed by atoms with E-state index < -0.39 is 0 Å². The maximum Gasteiger partial charge on any atom is 0.224 e. The molecule has 0 atom stereocenters. The molecule has 7 heteroatoms. The molecular weight excluding hydrogens is 320 g/mol. The van der Waals surface area contributed by atoms with E-state index in [0.717, 1.165) is 38.2 Å². The van der Waals surface area contributed by atoms with Crippen molar-refractivity contribution < 1.29 is 14.3 Å². The minimum absolute atomic E-state index is 0.184. The smallest absolute Gasteiger partial charge is 0.224 e. The van der Waals surface area contributed by atoms with Crippen LogP contribution in [0.4, 0.5) is 5.69 Å². The number of likely N-dealkylation sites (tertiary alicyclic amines) is 1. The summed E-state index contributed by atoms with van der Waals surface area (Å²) in [5.74, 6) is 2.14. The number of nitrogens with zero attached hydrogens (tertiary/aromatic N) is 2. The summed E-state index contributed by atoms with van der Waals surface area (Å²) in [6, 6.07) is 5.58. The Balaban J connectivity index is 1.96. The molecule has 1 heterocycles. The number of ether oxygens (including phenoxy) is 2. The number of methoxy groups -OCH3 is 2. The molecule has 1 aliphatic heterocycles. The summed E-state index contributed by atoms with van der Waals surface area (Å²) in [5, 5.41) is 6.41. The number of carbonyl (C=O) groups excluding carboxylic acids is 1. The van der Waals surface area contributed by atoms with E-state index >= 15 is 0 Å². The van der Waals surface area contributed by atoms with E-state index in [9.17, 15) is 4.79 Å². The fourth-order valence-electron chi connectivity index (χ4n) is 2.75. The second-order valence-corrected chi connectivity index (χ2v) is 5.79. The lowest BCUT2D eigenvalue weighted by Gasteiger charge is -2.15. The van der Waals surface area contributed by atoms with Gasteiger partial charge in [-0.1, -0.05) is 0 Å². The van der Waals surface area contributed by atoms with Gasteiger partial charge in [0.25, 0.3) is 0 Å². The van der Waals surface area contributed by atoms with E-state index in [4.69, 9.17) is 9.47 Å². The third kappa shape index (κ3) is 5.55. The highest BCUT2D eigenvalue weighted by atomic mass is 16.5. The van der Waals surface area contributed by atoms with Crippen molar-refractivity contribution in [3.63, 3.8) is 0 Å². The summed E-state index contributed by atoms with van der Waals surface area (Å²) in [4.78, 5) is 18.5. The molecule has 0 aromatic heterocycles. The van der Waals surface area contributed by atoms with E-state index in [-0.39, 0.29) is 5.91 Å². The number of benzene rings is 1. The van der Waals surface area contributed by atoms with Crippen LogP contribution in [0.3, 0.4) is 0 Å². The highest BCUT2D eigenvalue weighted by Crippen LogP contribution is 2.29. The minimum Gasteiger partial charge on any atom is -0.493 e. The lowest BCUT2D eigenvalue weighted by Crippen LogP contribution is -2.32. The fourth-order valence-corrected chi connectivity index (χ4v) is 2.75. The zero-order valence-corrected chi connectivity index (χ0v) is 15.3. The largest absolute Gasteiger partial charge is 0.493 e. The molecule has 138 valence electrons. The Kier molecular flexibility index (Phi) is 7.37. The van der Waals surface area contributed by atoms with Gasteiger partial charge in [-0.15, -0.1) is 0 Å². The first kappa shape index (κ1) is 18.9. The predicted octanol–water partition coefficient (Wildman–Crippen LogP) is 2.09. The van der Waals surface area contributed by atoms with Crippen molar-refractivity contribution >= 4 is 17.6 Å². The quantitative estimate of drug-likeness (QED) is 0.583. The molecule has 0 aliphatic carbocycles. The molecule has 1 fully saturated rings. The highest BCUT2D eigenvalue weighted by molar-refractivity contribution is 5.94. The Bertz CT molecular complexity index is 598. The molecular formula is C18H28N4O3. The van der Waals surface area contributed by atoms with Crippen LogP contribution in [0.2, 0.25) is 0 Å². The molecule has 1 saturated heterocycles. The van der Waals surface area contributed by atoms with Crippen LogP contribution in [0.1, 0.15) is 26.2 Å². The molecule has 0 unspecified atom stereocenters. The van der Waals surface area contributed by atoms with Gasteiger partial charge in [0.2, 0.25) is 5.91 Å². The van der Waals surface area contributed by atoms with E-state index in [1.807, 2.05) is 30.0 Å². The Morgan fingerprint density at radius 3 is 2.56 bits per heavy atom. The first-order valence-electron chi connectivity index (χ1n) is 8.73. The van der Waals surface area contributed by atoms with Crippen LogP contribution in [0, 0.1) is 0 Å². The van der Waals surface area contributed by atoms with E-state index in [1.165, 1.54) is 0 Å². The fraction of sp³-hybridized carbons (Fsp3) is 0.556. The van der Waals surface area contributed by atoms with Crippen LogP contribution in [-0.4, -0.2) is 57.2 Å². The zero-order chi connectivity index (χ0) is 18.1. The molecule has 0 radical (unpaired) electrons. The van der Waals surface area contributed by atoms with Gasteiger partial charge in [0.15, 0.2) is 17.5 Å². The normalized spacial score (nSPS) is 14.4. The average molecular weight is 348 g/mol. The summed E-state index contributed by atoms with van der Waals surface area (Å²) in [6.07, 6.45) is 2.65. The number of carbonyl (C=O) groups is 1. The van der Waals surface area contributed by atoms with Crippen LogP contribution in [-0.2, 0) is 4.79 Å². The van der Waals surface area contributed by atoms with Gasteiger partial charge >= 0.3 is 0 Å². The number of nitrogens with one attached hydrogen (secondary N) is 2. The average Bonchev–Trinajstić information content (AvgIpc) is 3.16. The van der Waals surface area contributed by atoms with Crippen molar-refractivity contribution in [3.05, 3.63) is 18.2 Å². The minimum atomic E-state index is 0.184. The van der Waals surface area contributed by atoms with Crippen molar-refractivity contribution in [3.8, 4) is 11.5 Å². The Labute approximate surface area is 149 Å². The first-order valence-corrected chi connectivity index (χ1v) is 8.73. The second-order valence-electron chi connectivity index (χ2n) is 5.79. The summed E-state index contributed by atoms with van der Waals surface area (Å²) in [6.45, 7) is 4.96. The van der Waals surface area contributed by atoms with Crippen molar-refractivity contribution in [2.45, 2.75) is 26.2 Å². The predicted molar refractivity (Wildman–Crippen MR) is 99.6 cm³/mol. The maximum absolute atomic E-state index is 12.1. The SMILES string of the molecule is CCNC(=NCCC(=O)N1CCCC1)Nc1ccc(OC)c(OC)c1. The number of anilines is 1. The third-order valence-electron chi connectivity index (χ3n) is 4.04. The lowest BCUT2D eigenvalue weighted by molar-refractivity contribution is -0.129. The Morgan fingerprint density at radius 1 is 1.20 bits per heavy atom. The first-order chi connectivity index (χ1) is 12.2. The van der Waals surface area contributed by atoms with E-state index in [0.29, 0.717) is 30.4 Å². The van der Waals surface area contributed by atoms with Crippen LogP contribution < -0.4 is 20.1 Å². The van der Waals surface area contributed by atoms with Gasteiger partial charge in [0.1, 0.15) is 0 Å². The summed E-state index contributed by atoms with van der Waals surface area (Å²) >= 11 is 0. The number of hydrogen-bond acceptors (Lipinski definition) is 4. The molecule has 2 N–H and O–H groups in total. The van der Waals surface area contributed by atoms with E-state index in [1.54, 1.807) is 14.2 Å². The van der Waals surface area contributed by atoms with Gasteiger partial charge < -0.3 is 25.0 Å².